The van der Waals surface area contributed by atoms with E-state index in [9.17, 15) is 14.4 Å². The lowest BCUT2D eigenvalue weighted by molar-refractivity contribution is -0.151. The second kappa shape index (κ2) is 11.1. The Balaban J connectivity index is 2.06. The van der Waals surface area contributed by atoms with E-state index >= 15 is 0 Å². The number of hydrogen-bond acceptors (Lipinski definition) is 5. The molecule has 150 valence electrons. The molecule has 2 aromatic carbocycles. The van der Waals surface area contributed by atoms with Crippen molar-refractivity contribution in [1.29, 1.82) is 0 Å². The Labute approximate surface area is 169 Å². The number of carbonyl (C=O) groups is 3. The van der Waals surface area contributed by atoms with Gasteiger partial charge in [-0.2, -0.15) is 0 Å². The second-order valence-corrected chi connectivity index (χ2v) is 5.80. The number of nitrogens with one attached hydrogen (secondary N) is 2. The molecule has 7 heteroatoms. The van der Waals surface area contributed by atoms with Crippen LogP contribution in [0, 0.1) is 0 Å². The summed E-state index contributed by atoms with van der Waals surface area (Å²) >= 11 is 0. The van der Waals surface area contributed by atoms with Gasteiger partial charge in [-0.15, -0.1) is 0 Å². The molecule has 0 saturated carbocycles. The standard InChI is InChI=1S/C22H22N2O5/c1-3-15-28-18-12-9-16(10-13-18)11-14-19(25)29-20(17-7-5-4-6-8-17)21(26)24-22(27)23-2/h3-14,20H,1,15H2,2H3,(H2,23,24,26,27)/b14-11+/t20-/m1/s1. The highest BCUT2D eigenvalue weighted by Crippen LogP contribution is 2.18. The van der Waals surface area contributed by atoms with Gasteiger partial charge < -0.3 is 14.8 Å². The summed E-state index contributed by atoms with van der Waals surface area (Å²) in [5, 5.41) is 4.40. The van der Waals surface area contributed by atoms with Crippen LogP contribution in [0.2, 0.25) is 0 Å². The molecule has 0 fully saturated rings. The summed E-state index contributed by atoms with van der Waals surface area (Å²) in [6, 6.07) is 14.8. The third kappa shape index (κ3) is 6.99. The number of amides is 3. The van der Waals surface area contributed by atoms with Gasteiger partial charge in [-0.1, -0.05) is 55.1 Å². The quantitative estimate of drug-likeness (QED) is 0.408. The van der Waals surface area contributed by atoms with Gasteiger partial charge >= 0.3 is 12.0 Å². The van der Waals surface area contributed by atoms with Gasteiger partial charge in [-0.25, -0.2) is 9.59 Å². The lowest BCUT2D eigenvalue weighted by Gasteiger charge is -2.16. The van der Waals surface area contributed by atoms with Crippen LogP contribution in [-0.4, -0.2) is 31.6 Å². The summed E-state index contributed by atoms with van der Waals surface area (Å²) in [6.45, 7) is 3.99. The summed E-state index contributed by atoms with van der Waals surface area (Å²) in [4.78, 5) is 36.0. The van der Waals surface area contributed by atoms with Gasteiger partial charge in [0.15, 0.2) is 0 Å². The van der Waals surface area contributed by atoms with Gasteiger partial charge in [0.1, 0.15) is 12.4 Å². The number of hydrogen-bond donors (Lipinski definition) is 2. The predicted molar refractivity (Wildman–Crippen MR) is 109 cm³/mol. The second-order valence-electron chi connectivity index (χ2n) is 5.80. The molecule has 0 bridgehead atoms. The van der Waals surface area contributed by atoms with E-state index in [1.54, 1.807) is 66.7 Å². The molecule has 1 atom stereocenters. The molecule has 0 aliphatic carbocycles. The molecule has 0 unspecified atom stereocenters. The van der Waals surface area contributed by atoms with E-state index in [2.05, 4.69) is 17.2 Å². The first-order valence-corrected chi connectivity index (χ1v) is 8.83. The molecular formula is C22H22N2O5. The summed E-state index contributed by atoms with van der Waals surface area (Å²) in [5.41, 5.74) is 1.19. The number of imide groups is 1. The fourth-order valence-electron chi connectivity index (χ4n) is 2.29. The van der Waals surface area contributed by atoms with Crippen LogP contribution in [0.1, 0.15) is 17.2 Å². The minimum atomic E-state index is -1.26. The molecule has 29 heavy (non-hydrogen) atoms. The van der Waals surface area contributed by atoms with Crippen LogP contribution < -0.4 is 15.4 Å². The van der Waals surface area contributed by atoms with E-state index in [0.29, 0.717) is 17.9 Å². The van der Waals surface area contributed by atoms with Crippen LogP contribution in [0.3, 0.4) is 0 Å². The maximum absolute atomic E-state index is 12.4. The highest BCUT2D eigenvalue weighted by Gasteiger charge is 2.25. The minimum absolute atomic E-state index is 0.403. The molecule has 2 N–H and O–H groups in total. The van der Waals surface area contributed by atoms with Gasteiger partial charge in [0.05, 0.1) is 0 Å². The fraction of sp³-hybridized carbons (Fsp3) is 0.136. The zero-order valence-corrected chi connectivity index (χ0v) is 16.0. The molecule has 0 radical (unpaired) electrons. The molecule has 0 heterocycles. The monoisotopic (exact) mass is 394 g/mol. The Morgan fingerprint density at radius 1 is 1.07 bits per heavy atom. The van der Waals surface area contributed by atoms with E-state index in [1.165, 1.54) is 13.1 Å². The fourth-order valence-corrected chi connectivity index (χ4v) is 2.29. The molecule has 3 amide bonds. The van der Waals surface area contributed by atoms with Crippen molar-refractivity contribution in [3.8, 4) is 5.75 Å². The Kier molecular flexibility index (Phi) is 8.19. The summed E-state index contributed by atoms with van der Waals surface area (Å²) in [5.74, 6) is -0.793. The summed E-state index contributed by atoms with van der Waals surface area (Å²) in [6.07, 6.45) is 3.15. The number of benzene rings is 2. The molecule has 0 aliphatic rings. The molecule has 0 saturated heterocycles. The topological polar surface area (TPSA) is 93.7 Å². The van der Waals surface area contributed by atoms with Crippen molar-refractivity contribution in [1.82, 2.24) is 10.6 Å². The van der Waals surface area contributed by atoms with Crippen molar-refractivity contribution in [2.24, 2.45) is 0 Å². The zero-order chi connectivity index (χ0) is 21.1. The number of urea groups is 1. The number of esters is 1. The number of rotatable bonds is 8. The van der Waals surface area contributed by atoms with Crippen molar-refractivity contribution in [3.63, 3.8) is 0 Å². The van der Waals surface area contributed by atoms with Crippen molar-refractivity contribution in [2.45, 2.75) is 6.10 Å². The van der Waals surface area contributed by atoms with E-state index in [4.69, 9.17) is 9.47 Å². The van der Waals surface area contributed by atoms with Crippen LogP contribution >= 0.6 is 0 Å². The third-order valence-corrected chi connectivity index (χ3v) is 3.70. The lowest BCUT2D eigenvalue weighted by atomic mass is 10.1. The van der Waals surface area contributed by atoms with Crippen molar-refractivity contribution < 1.29 is 23.9 Å². The molecule has 7 nitrogen and oxygen atoms in total. The highest BCUT2D eigenvalue weighted by atomic mass is 16.5. The molecule has 2 rings (SSSR count). The number of ether oxygens (including phenoxy) is 2. The molecular weight excluding hydrogens is 372 g/mol. The Morgan fingerprint density at radius 2 is 1.76 bits per heavy atom. The first-order valence-electron chi connectivity index (χ1n) is 8.83. The normalized spacial score (nSPS) is 11.3. The van der Waals surface area contributed by atoms with Gasteiger partial charge in [0.2, 0.25) is 6.10 Å². The van der Waals surface area contributed by atoms with Gasteiger partial charge in [-0.3, -0.25) is 10.1 Å². The Bertz CT molecular complexity index is 876. The Hall–Kier alpha value is -3.87. The Morgan fingerprint density at radius 3 is 2.38 bits per heavy atom. The van der Waals surface area contributed by atoms with Crippen molar-refractivity contribution in [3.05, 3.63) is 84.5 Å². The highest BCUT2D eigenvalue weighted by molar-refractivity contribution is 5.98. The van der Waals surface area contributed by atoms with E-state index in [0.717, 1.165) is 5.56 Å². The predicted octanol–water partition coefficient (Wildman–Crippen LogP) is 3.00. The summed E-state index contributed by atoms with van der Waals surface area (Å²) < 4.78 is 10.7. The average Bonchev–Trinajstić information content (AvgIpc) is 2.75. The first-order chi connectivity index (χ1) is 14.0. The average molecular weight is 394 g/mol. The molecule has 0 aromatic heterocycles. The lowest BCUT2D eigenvalue weighted by Crippen LogP contribution is -2.41. The van der Waals surface area contributed by atoms with Gasteiger partial charge in [-0.05, 0) is 23.8 Å². The van der Waals surface area contributed by atoms with Crippen molar-refractivity contribution in [2.75, 3.05) is 13.7 Å². The van der Waals surface area contributed by atoms with Crippen LogP contribution in [0.5, 0.6) is 5.75 Å². The van der Waals surface area contributed by atoms with Crippen LogP contribution in [0.25, 0.3) is 6.08 Å². The zero-order valence-electron chi connectivity index (χ0n) is 16.0. The minimum Gasteiger partial charge on any atom is -0.490 e. The van der Waals surface area contributed by atoms with Crippen LogP contribution in [-0.2, 0) is 14.3 Å². The largest absolute Gasteiger partial charge is 0.490 e. The summed E-state index contributed by atoms with van der Waals surface area (Å²) in [7, 11) is 1.38. The SMILES string of the molecule is C=CCOc1ccc(/C=C/C(=O)O[C@@H](C(=O)NC(=O)NC)c2ccccc2)cc1. The smallest absolute Gasteiger partial charge is 0.331 e. The van der Waals surface area contributed by atoms with E-state index < -0.39 is 24.0 Å². The molecule has 0 spiro atoms. The van der Waals surface area contributed by atoms with Gasteiger partial charge in [0.25, 0.3) is 5.91 Å². The maximum Gasteiger partial charge on any atom is 0.331 e. The number of carbonyl (C=O) groups excluding carboxylic acids is 3. The van der Waals surface area contributed by atoms with Crippen LogP contribution in [0.15, 0.2) is 73.3 Å². The van der Waals surface area contributed by atoms with E-state index in [1.807, 2.05) is 0 Å². The third-order valence-electron chi connectivity index (χ3n) is 3.70. The first kappa shape index (κ1) is 21.4. The van der Waals surface area contributed by atoms with E-state index in [-0.39, 0.29) is 0 Å². The van der Waals surface area contributed by atoms with Gasteiger partial charge in [0, 0.05) is 18.7 Å². The van der Waals surface area contributed by atoms with Crippen molar-refractivity contribution >= 4 is 24.0 Å². The maximum atomic E-state index is 12.4. The molecule has 2 aromatic rings. The van der Waals surface area contributed by atoms with Crippen LogP contribution in [0.4, 0.5) is 4.79 Å². The molecule has 0 aliphatic heterocycles.